The normalized spacial score (nSPS) is 12.5. The van der Waals surface area contributed by atoms with E-state index < -0.39 is 0 Å². The van der Waals surface area contributed by atoms with E-state index in [-0.39, 0.29) is 5.92 Å². The van der Waals surface area contributed by atoms with Crippen LogP contribution in [-0.2, 0) is 4.74 Å². The minimum atomic E-state index is 0.269. The molecule has 6 nitrogen and oxygen atoms in total. The van der Waals surface area contributed by atoms with Crippen molar-refractivity contribution in [1.82, 2.24) is 19.6 Å². The predicted molar refractivity (Wildman–Crippen MR) is 99.6 cm³/mol. The van der Waals surface area contributed by atoms with Crippen LogP contribution in [0, 0.1) is 20.8 Å². The molecule has 0 aliphatic carbocycles. The Morgan fingerprint density at radius 3 is 2.68 bits per heavy atom. The minimum absolute atomic E-state index is 0.269. The second-order valence-corrected chi connectivity index (χ2v) is 6.43. The number of anilines is 2. The topological polar surface area (TPSA) is 64.3 Å². The van der Waals surface area contributed by atoms with Gasteiger partial charge in [-0.15, -0.1) is 0 Å². The number of methoxy groups -OCH3 is 1. The van der Waals surface area contributed by atoms with Crippen LogP contribution in [0.3, 0.4) is 0 Å². The lowest BCUT2D eigenvalue weighted by Crippen LogP contribution is -2.09. The van der Waals surface area contributed by atoms with Crippen LogP contribution in [0.4, 0.5) is 11.6 Å². The van der Waals surface area contributed by atoms with Gasteiger partial charge in [-0.3, -0.25) is 0 Å². The molecular formula is C19H25N5O. The molecule has 0 saturated carbocycles. The first-order valence-corrected chi connectivity index (χ1v) is 8.59. The molecule has 1 unspecified atom stereocenters. The third-order valence-corrected chi connectivity index (χ3v) is 4.44. The molecule has 0 spiro atoms. The third-order valence-electron chi connectivity index (χ3n) is 4.44. The SMILES string of the molecule is CCC(COC)c1cnn2c(Nc3ccc(C)cc3C)nc(C)nc12. The molecule has 1 aromatic carbocycles. The Bertz CT molecular complexity index is 887. The lowest BCUT2D eigenvalue weighted by atomic mass is 10.0. The smallest absolute Gasteiger partial charge is 0.232 e. The number of hydrogen-bond donors (Lipinski definition) is 1. The van der Waals surface area contributed by atoms with E-state index in [2.05, 4.69) is 59.4 Å². The van der Waals surface area contributed by atoms with E-state index in [4.69, 9.17) is 4.74 Å². The average molecular weight is 339 g/mol. The fraction of sp³-hybridized carbons (Fsp3) is 0.421. The Kier molecular flexibility index (Phi) is 4.99. The van der Waals surface area contributed by atoms with E-state index in [0.29, 0.717) is 18.4 Å². The lowest BCUT2D eigenvalue weighted by Gasteiger charge is -2.13. The number of nitrogens with zero attached hydrogens (tertiary/aromatic N) is 4. The zero-order valence-electron chi connectivity index (χ0n) is 15.5. The highest BCUT2D eigenvalue weighted by molar-refractivity contribution is 5.62. The fourth-order valence-corrected chi connectivity index (χ4v) is 3.07. The van der Waals surface area contributed by atoms with Crippen molar-refractivity contribution in [3.63, 3.8) is 0 Å². The van der Waals surface area contributed by atoms with Crippen molar-refractivity contribution in [3.8, 4) is 0 Å². The molecule has 0 aliphatic rings. The molecule has 2 aromatic heterocycles. The monoisotopic (exact) mass is 339 g/mol. The summed E-state index contributed by atoms with van der Waals surface area (Å²) in [5.74, 6) is 1.66. The second-order valence-electron chi connectivity index (χ2n) is 6.43. The highest BCUT2D eigenvalue weighted by Crippen LogP contribution is 2.26. The van der Waals surface area contributed by atoms with Crippen molar-refractivity contribution >= 4 is 17.3 Å². The van der Waals surface area contributed by atoms with E-state index in [0.717, 1.165) is 23.3 Å². The van der Waals surface area contributed by atoms with Gasteiger partial charge in [0.25, 0.3) is 0 Å². The predicted octanol–water partition coefficient (Wildman–Crippen LogP) is 3.93. The van der Waals surface area contributed by atoms with Gasteiger partial charge in [0.2, 0.25) is 5.95 Å². The molecule has 6 heteroatoms. The van der Waals surface area contributed by atoms with Crippen LogP contribution in [0.15, 0.2) is 24.4 Å². The summed E-state index contributed by atoms with van der Waals surface area (Å²) in [6, 6.07) is 6.30. The molecule has 0 bridgehead atoms. The van der Waals surface area contributed by atoms with Crippen LogP contribution < -0.4 is 5.32 Å². The molecule has 0 saturated heterocycles. The van der Waals surface area contributed by atoms with E-state index in [1.165, 1.54) is 11.1 Å². The van der Waals surface area contributed by atoms with E-state index in [1.54, 1.807) is 11.6 Å². The van der Waals surface area contributed by atoms with Gasteiger partial charge in [0.15, 0.2) is 5.65 Å². The first-order valence-electron chi connectivity index (χ1n) is 8.59. The number of aromatic nitrogens is 4. The number of nitrogens with one attached hydrogen (secondary N) is 1. The maximum atomic E-state index is 5.35. The molecule has 1 atom stereocenters. The van der Waals surface area contributed by atoms with Gasteiger partial charge in [0.05, 0.1) is 12.8 Å². The van der Waals surface area contributed by atoms with Crippen molar-refractivity contribution in [2.75, 3.05) is 19.0 Å². The highest BCUT2D eigenvalue weighted by Gasteiger charge is 2.18. The summed E-state index contributed by atoms with van der Waals surface area (Å²) in [5.41, 5.74) is 5.36. The Hall–Kier alpha value is -2.47. The summed E-state index contributed by atoms with van der Waals surface area (Å²) in [6.07, 6.45) is 2.85. The Morgan fingerprint density at radius 1 is 1.20 bits per heavy atom. The fourth-order valence-electron chi connectivity index (χ4n) is 3.07. The molecule has 0 radical (unpaired) electrons. The second kappa shape index (κ2) is 7.19. The molecule has 0 fully saturated rings. The Labute approximate surface area is 148 Å². The summed E-state index contributed by atoms with van der Waals surface area (Å²) in [4.78, 5) is 9.17. The van der Waals surface area contributed by atoms with Gasteiger partial charge in [-0.2, -0.15) is 14.6 Å². The summed E-state index contributed by atoms with van der Waals surface area (Å²) >= 11 is 0. The number of benzene rings is 1. The number of fused-ring (bicyclic) bond motifs is 1. The van der Waals surface area contributed by atoms with Crippen LogP contribution in [0.2, 0.25) is 0 Å². The first-order chi connectivity index (χ1) is 12.0. The molecule has 0 amide bonds. The van der Waals surface area contributed by atoms with Crippen LogP contribution in [0.1, 0.15) is 41.8 Å². The number of hydrogen-bond acceptors (Lipinski definition) is 5. The molecular weight excluding hydrogens is 314 g/mol. The van der Waals surface area contributed by atoms with Gasteiger partial charge >= 0.3 is 0 Å². The molecule has 0 aliphatic heterocycles. The molecule has 25 heavy (non-hydrogen) atoms. The molecule has 2 heterocycles. The number of aryl methyl sites for hydroxylation is 3. The van der Waals surface area contributed by atoms with Gasteiger partial charge in [-0.25, -0.2) is 4.98 Å². The van der Waals surface area contributed by atoms with Gasteiger partial charge in [0, 0.05) is 24.3 Å². The van der Waals surface area contributed by atoms with Crippen LogP contribution in [0.5, 0.6) is 0 Å². The molecule has 3 aromatic rings. The molecule has 3 rings (SSSR count). The summed E-state index contributed by atoms with van der Waals surface area (Å²) in [7, 11) is 1.72. The van der Waals surface area contributed by atoms with Gasteiger partial charge in [-0.05, 0) is 38.8 Å². The summed E-state index contributed by atoms with van der Waals surface area (Å²) in [5, 5.41) is 7.93. The van der Waals surface area contributed by atoms with Crippen LogP contribution in [-0.4, -0.2) is 33.3 Å². The molecule has 1 N–H and O–H groups in total. The van der Waals surface area contributed by atoms with E-state index >= 15 is 0 Å². The average Bonchev–Trinajstić information content (AvgIpc) is 2.99. The number of rotatable bonds is 6. The van der Waals surface area contributed by atoms with Crippen molar-refractivity contribution in [2.45, 2.75) is 40.0 Å². The zero-order chi connectivity index (χ0) is 18.0. The van der Waals surface area contributed by atoms with Gasteiger partial charge < -0.3 is 10.1 Å². The van der Waals surface area contributed by atoms with Crippen molar-refractivity contribution in [3.05, 3.63) is 46.9 Å². The van der Waals surface area contributed by atoms with Gasteiger partial charge in [-0.1, -0.05) is 24.6 Å². The van der Waals surface area contributed by atoms with Gasteiger partial charge in [0.1, 0.15) is 5.82 Å². The number of ether oxygens (including phenoxy) is 1. The Morgan fingerprint density at radius 2 is 2.00 bits per heavy atom. The third kappa shape index (κ3) is 3.49. The first kappa shape index (κ1) is 17.4. The van der Waals surface area contributed by atoms with Crippen molar-refractivity contribution < 1.29 is 4.74 Å². The summed E-state index contributed by atoms with van der Waals surface area (Å²) < 4.78 is 7.13. The van der Waals surface area contributed by atoms with E-state index in [9.17, 15) is 0 Å². The quantitative estimate of drug-likeness (QED) is 0.737. The molecule has 132 valence electrons. The Balaban J connectivity index is 2.05. The minimum Gasteiger partial charge on any atom is -0.384 e. The zero-order valence-corrected chi connectivity index (χ0v) is 15.5. The van der Waals surface area contributed by atoms with Crippen molar-refractivity contribution in [2.24, 2.45) is 0 Å². The standard InChI is InChI=1S/C19H25N5O/c1-6-15(11-25-5)16-10-20-24-18(16)21-14(4)22-19(24)23-17-8-7-12(2)9-13(17)3/h7-10,15H,6,11H2,1-5H3,(H,21,22,23). The van der Waals surface area contributed by atoms with Crippen molar-refractivity contribution in [1.29, 1.82) is 0 Å². The lowest BCUT2D eigenvalue weighted by molar-refractivity contribution is 0.178. The maximum Gasteiger partial charge on any atom is 0.232 e. The van der Waals surface area contributed by atoms with Crippen LogP contribution >= 0.6 is 0 Å². The summed E-state index contributed by atoms with van der Waals surface area (Å²) in [6.45, 7) is 8.88. The van der Waals surface area contributed by atoms with E-state index in [1.807, 2.05) is 13.1 Å². The maximum absolute atomic E-state index is 5.35. The highest BCUT2D eigenvalue weighted by atomic mass is 16.5. The van der Waals surface area contributed by atoms with Crippen LogP contribution in [0.25, 0.3) is 5.65 Å². The largest absolute Gasteiger partial charge is 0.384 e.